The predicted octanol–water partition coefficient (Wildman–Crippen LogP) is 3.79. The Morgan fingerprint density at radius 2 is 1.97 bits per heavy atom. The lowest BCUT2D eigenvalue weighted by Gasteiger charge is -2.21. The Kier molecular flexibility index (Phi) is 7.22. The van der Waals surface area contributed by atoms with E-state index >= 15 is 0 Å². The van der Waals surface area contributed by atoms with Gasteiger partial charge in [-0.15, -0.1) is 0 Å². The van der Waals surface area contributed by atoms with E-state index in [9.17, 15) is 18.4 Å². The van der Waals surface area contributed by atoms with Crippen LogP contribution in [0.2, 0.25) is 0 Å². The molecule has 0 bridgehead atoms. The standard InChI is InChI=1S/C23H27F2N3O3/c1-16(29)27-14-23(2)15-28(22(30)31-23)19-8-9-20(21(25)12-19)18-6-4-17(5-7-18)13-26-11-3-10-24/h4-9,12,26H,3,10-11,13-15H2,1-2H3,(H,27,29)/t23-/m0/s1. The van der Waals surface area contributed by atoms with E-state index in [1.807, 2.05) is 24.3 Å². The van der Waals surface area contributed by atoms with Gasteiger partial charge in [0.25, 0.3) is 0 Å². The number of benzene rings is 2. The van der Waals surface area contributed by atoms with E-state index in [0.29, 0.717) is 30.8 Å². The average molecular weight is 431 g/mol. The number of nitrogens with zero attached hydrogens (tertiary/aromatic N) is 1. The van der Waals surface area contributed by atoms with Crippen molar-refractivity contribution < 1.29 is 23.1 Å². The van der Waals surface area contributed by atoms with Gasteiger partial charge in [0.15, 0.2) is 0 Å². The summed E-state index contributed by atoms with van der Waals surface area (Å²) >= 11 is 0. The number of nitrogens with one attached hydrogen (secondary N) is 2. The molecule has 166 valence electrons. The minimum Gasteiger partial charge on any atom is -0.439 e. The summed E-state index contributed by atoms with van der Waals surface area (Å²) in [6.45, 7) is 4.38. The lowest BCUT2D eigenvalue weighted by atomic mass is 10.0. The molecule has 2 amide bonds. The molecule has 1 heterocycles. The fraction of sp³-hybridized carbons (Fsp3) is 0.391. The van der Waals surface area contributed by atoms with Crippen molar-refractivity contribution in [3.63, 3.8) is 0 Å². The SMILES string of the molecule is CC(=O)NC[C@@]1(C)CN(c2ccc(-c3ccc(CNCCCF)cc3)c(F)c2)C(=O)O1. The highest BCUT2D eigenvalue weighted by Gasteiger charge is 2.42. The Morgan fingerprint density at radius 3 is 2.61 bits per heavy atom. The molecule has 2 aromatic rings. The molecule has 1 atom stereocenters. The highest BCUT2D eigenvalue weighted by Crippen LogP contribution is 2.31. The second-order valence-electron chi connectivity index (χ2n) is 7.89. The third-order valence-corrected chi connectivity index (χ3v) is 5.10. The summed E-state index contributed by atoms with van der Waals surface area (Å²) in [7, 11) is 0. The Morgan fingerprint density at radius 1 is 1.23 bits per heavy atom. The fourth-order valence-corrected chi connectivity index (χ4v) is 3.43. The van der Waals surface area contributed by atoms with Gasteiger partial charge in [0.05, 0.1) is 25.5 Å². The van der Waals surface area contributed by atoms with Crippen molar-refractivity contribution in [1.82, 2.24) is 10.6 Å². The largest absolute Gasteiger partial charge is 0.439 e. The van der Waals surface area contributed by atoms with Gasteiger partial charge in [-0.1, -0.05) is 24.3 Å². The van der Waals surface area contributed by atoms with E-state index in [0.717, 1.165) is 11.1 Å². The molecule has 0 radical (unpaired) electrons. The van der Waals surface area contributed by atoms with Crippen LogP contribution in [-0.2, 0) is 16.1 Å². The maximum Gasteiger partial charge on any atom is 0.415 e. The highest BCUT2D eigenvalue weighted by atomic mass is 19.1. The van der Waals surface area contributed by atoms with Gasteiger partial charge in [0.1, 0.15) is 11.4 Å². The van der Waals surface area contributed by atoms with Gasteiger partial charge in [-0.25, -0.2) is 9.18 Å². The van der Waals surface area contributed by atoms with Crippen molar-refractivity contribution in [2.45, 2.75) is 32.4 Å². The Hall–Kier alpha value is -3.00. The van der Waals surface area contributed by atoms with Crippen molar-refractivity contribution in [2.75, 3.05) is 31.2 Å². The molecule has 2 aromatic carbocycles. The monoisotopic (exact) mass is 431 g/mol. The first-order valence-corrected chi connectivity index (χ1v) is 10.2. The second-order valence-corrected chi connectivity index (χ2v) is 7.89. The molecule has 0 aromatic heterocycles. The zero-order valence-electron chi connectivity index (χ0n) is 17.7. The quantitative estimate of drug-likeness (QED) is 0.593. The predicted molar refractivity (Wildman–Crippen MR) is 115 cm³/mol. The molecule has 6 nitrogen and oxygen atoms in total. The van der Waals surface area contributed by atoms with E-state index in [2.05, 4.69) is 10.6 Å². The lowest BCUT2D eigenvalue weighted by Crippen LogP contribution is -2.43. The first-order valence-electron chi connectivity index (χ1n) is 10.2. The topological polar surface area (TPSA) is 70.7 Å². The van der Waals surface area contributed by atoms with Crippen LogP contribution in [0.4, 0.5) is 19.3 Å². The minimum atomic E-state index is -0.883. The molecule has 2 N–H and O–H groups in total. The molecule has 8 heteroatoms. The maximum absolute atomic E-state index is 14.9. The van der Waals surface area contributed by atoms with Crippen molar-refractivity contribution in [3.8, 4) is 11.1 Å². The van der Waals surface area contributed by atoms with Gasteiger partial charge in [-0.2, -0.15) is 0 Å². The second kappa shape index (κ2) is 9.87. The molecule has 3 rings (SSSR count). The summed E-state index contributed by atoms with van der Waals surface area (Å²) in [4.78, 5) is 24.8. The van der Waals surface area contributed by atoms with Crippen molar-refractivity contribution in [2.24, 2.45) is 0 Å². The molecule has 0 unspecified atom stereocenters. The van der Waals surface area contributed by atoms with Gasteiger partial charge in [0, 0.05) is 19.0 Å². The number of cyclic esters (lactones) is 1. The zero-order chi connectivity index (χ0) is 22.4. The molecule has 31 heavy (non-hydrogen) atoms. The smallest absolute Gasteiger partial charge is 0.415 e. The van der Waals surface area contributed by atoms with Crippen LogP contribution in [0.15, 0.2) is 42.5 Å². The molecular weight excluding hydrogens is 404 g/mol. The van der Waals surface area contributed by atoms with Crippen LogP contribution in [0.5, 0.6) is 0 Å². The minimum absolute atomic E-state index is 0.181. The normalized spacial score (nSPS) is 18.2. The van der Waals surface area contributed by atoms with Crippen LogP contribution in [0.25, 0.3) is 11.1 Å². The number of hydrogen-bond donors (Lipinski definition) is 2. The van der Waals surface area contributed by atoms with Gasteiger partial charge in [-0.05, 0) is 49.2 Å². The van der Waals surface area contributed by atoms with Crippen LogP contribution < -0.4 is 15.5 Å². The van der Waals surface area contributed by atoms with Crippen molar-refractivity contribution >= 4 is 17.7 Å². The van der Waals surface area contributed by atoms with E-state index in [1.165, 1.54) is 17.9 Å². The molecule has 1 fully saturated rings. The summed E-state index contributed by atoms with van der Waals surface area (Å²) in [6, 6.07) is 12.1. The molecule has 1 saturated heterocycles. The van der Waals surface area contributed by atoms with Gasteiger partial charge in [-0.3, -0.25) is 14.1 Å². The Bertz CT molecular complexity index is 936. The first-order chi connectivity index (χ1) is 14.8. The molecule has 0 saturated carbocycles. The van der Waals surface area contributed by atoms with E-state index in [1.54, 1.807) is 19.1 Å². The number of carbonyl (C=O) groups is 2. The number of halogens is 2. The summed E-state index contributed by atoms with van der Waals surface area (Å²) in [6.07, 6.45) is -0.100. The molecule has 1 aliphatic heterocycles. The van der Waals surface area contributed by atoms with Crippen LogP contribution in [0.1, 0.15) is 25.8 Å². The molecule has 0 spiro atoms. The third kappa shape index (κ3) is 5.79. The fourth-order valence-electron chi connectivity index (χ4n) is 3.43. The molecule has 0 aliphatic carbocycles. The number of ether oxygens (including phenoxy) is 1. The third-order valence-electron chi connectivity index (χ3n) is 5.10. The van der Waals surface area contributed by atoms with Crippen molar-refractivity contribution in [3.05, 3.63) is 53.8 Å². The number of alkyl halides is 1. The highest BCUT2D eigenvalue weighted by molar-refractivity contribution is 5.91. The zero-order valence-corrected chi connectivity index (χ0v) is 17.7. The van der Waals surface area contributed by atoms with E-state index in [-0.39, 0.29) is 25.7 Å². The Balaban J connectivity index is 1.69. The van der Waals surface area contributed by atoms with Crippen LogP contribution in [-0.4, -0.2) is 43.9 Å². The summed E-state index contributed by atoms with van der Waals surface area (Å²) in [5, 5.41) is 5.80. The number of rotatable bonds is 9. The number of anilines is 1. The first kappa shape index (κ1) is 22.7. The average Bonchev–Trinajstić information content (AvgIpc) is 3.05. The summed E-state index contributed by atoms with van der Waals surface area (Å²) in [5.74, 6) is -0.665. The lowest BCUT2D eigenvalue weighted by molar-refractivity contribution is -0.119. The van der Waals surface area contributed by atoms with E-state index < -0.39 is 17.5 Å². The van der Waals surface area contributed by atoms with Crippen molar-refractivity contribution in [1.29, 1.82) is 0 Å². The molecule has 1 aliphatic rings. The molecular formula is C23H27F2N3O3. The Labute approximate surface area is 180 Å². The van der Waals surface area contributed by atoms with Crippen LogP contribution in [0, 0.1) is 5.82 Å². The maximum atomic E-state index is 14.9. The van der Waals surface area contributed by atoms with Gasteiger partial charge < -0.3 is 15.4 Å². The number of amides is 2. The van der Waals surface area contributed by atoms with E-state index in [4.69, 9.17) is 4.74 Å². The van der Waals surface area contributed by atoms with Gasteiger partial charge in [0.2, 0.25) is 5.91 Å². The van der Waals surface area contributed by atoms with Gasteiger partial charge >= 0.3 is 6.09 Å². The van der Waals surface area contributed by atoms with Crippen LogP contribution in [0.3, 0.4) is 0 Å². The van der Waals surface area contributed by atoms with Crippen LogP contribution >= 0.6 is 0 Å². The summed E-state index contributed by atoms with van der Waals surface area (Å²) < 4.78 is 32.4. The number of carbonyl (C=O) groups excluding carboxylic acids is 2. The summed E-state index contributed by atoms with van der Waals surface area (Å²) in [5.41, 5.74) is 1.68. The number of hydrogen-bond acceptors (Lipinski definition) is 4.